The zero-order chi connectivity index (χ0) is 13.9. The summed E-state index contributed by atoms with van der Waals surface area (Å²) in [5.41, 5.74) is 0.600. The Morgan fingerprint density at radius 3 is 3.00 bits per heavy atom. The van der Waals surface area contributed by atoms with Gasteiger partial charge in [0, 0.05) is 25.1 Å². The van der Waals surface area contributed by atoms with Gasteiger partial charge in [0.1, 0.15) is 12.1 Å². The Bertz CT molecular complexity index is 580. The zero-order valence-electron chi connectivity index (χ0n) is 11.3. The summed E-state index contributed by atoms with van der Waals surface area (Å²) in [6, 6.07) is 3.72. The van der Waals surface area contributed by atoms with Crippen LogP contribution >= 0.6 is 0 Å². The summed E-state index contributed by atoms with van der Waals surface area (Å²) in [4.78, 5) is 22.5. The van der Waals surface area contributed by atoms with Crippen LogP contribution in [-0.2, 0) is 4.74 Å². The molecule has 0 saturated carbocycles. The van der Waals surface area contributed by atoms with E-state index in [2.05, 4.69) is 9.97 Å². The molecule has 0 N–H and O–H groups in total. The predicted octanol–water partition coefficient (Wildman–Crippen LogP) is 1.13. The van der Waals surface area contributed by atoms with E-state index >= 15 is 0 Å². The van der Waals surface area contributed by atoms with Gasteiger partial charge in [-0.25, -0.2) is 9.97 Å². The van der Waals surface area contributed by atoms with Crippen molar-refractivity contribution in [2.24, 2.45) is 0 Å². The van der Waals surface area contributed by atoms with Crippen LogP contribution < -0.4 is 0 Å². The molecule has 6 nitrogen and oxygen atoms in total. The second-order valence-corrected chi connectivity index (χ2v) is 4.80. The van der Waals surface area contributed by atoms with Gasteiger partial charge in [-0.05, 0) is 19.1 Å². The fraction of sp³-hybridized carbons (Fsp3) is 0.357. The van der Waals surface area contributed by atoms with Crippen LogP contribution in [0, 0.1) is 0 Å². The van der Waals surface area contributed by atoms with Crippen LogP contribution in [-0.4, -0.2) is 51.1 Å². The number of carbonyl (C=O) groups is 1. The number of aromatic nitrogens is 3. The normalized spacial score (nSPS) is 19.1. The maximum atomic E-state index is 12.4. The first-order valence-corrected chi connectivity index (χ1v) is 6.59. The minimum absolute atomic E-state index is 0.00508. The summed E-state index contributed by atoms with van der Waals surface area (Å²) >= 11 is 0. The minimum Gasteiger partial charge on any atom is -0.377 e. The molecule has 2 aromatic heterocycles. The van der Waals surface area contributed by atoms with Crippen molar-refractivity contribution in [3.05, 3.63) is 42.6 Å². The third-order valence-corrected chi connectivity index (χ3v) is 3.39. The van der Waals surface area contributed by atoms with Gasteiger partial charge in [0.15, 0.2) is 0 Å². The van der Waals surface area contributed by atoms with Gasteiger partial charge in [-0.15, -0.1) is 0 Å². The molecule has 1 atom stereocenters. The van der Waals surface area contributed by atoms with Gasteiger partial charge >= 0.3 is 0 Å². The zero-order valence-corrected chi connectivity index (χ0v) is 11.3. The highest BCUT2D eigenvalue weighted by Crippen LogP contribution is 2.13. The maximum Gasteiger partial charge on any atom is 0.255 e. The number of hydrogen-bond donors (Lipinski definition) is 0. The van der Waals surface area contributed by atoms with Crippen LogP contribution in [0.5, 0.6) is 0 Å². The molecule has 3 heterocycles. The Kier molecular flexibility index (Phi) is 3.47. The number of morpholine rings is 1. The van der Waals surface area contributed by atoms with E-state index in [9.17, 15) is 4.79 Å². The second kappa shape index (κ2) is 5.42. The van der Waals surface area contributed by atoms with E-state index in [-0.39, 0.29) is 11.9 Å². The number of pyridine rings is 1. The molecule has 0 unspecified atom stereocenters. The number of ether oxygens (including phenoxy) is 1. The van der Waals surface area contributed by atoms with Gasteiger partial charge in [-0.1, -0.05) is 0 Å². The fourth-order valence-corrected chi connectivity index (χ4v) is 2.25. The molecule has 1 saturated heterocycles. The Morgan fingerprint density at radius 2 is 2.35 bits per heavy atom. The average Bonchev–Trinajstić information content (AvgIpc) is 3.01. The van der Waals surface area contributed by atoms with Crippen LogP contribution in [0.1, 0.15) is 17.3 Å². The van der Waals surface area contributed by atoms with Gasteiger partial charge < -0.3 is 9.64 Å². The first kappa shape index (κ1) is 12.8. The van der Waals surface area contributed by atoms with Crippen molar-refractivity contribution < 1.29 is 9.53 Å². The summed E-state index contributed by atoms with van der Waals surface area (Å²) < 4.78 is 7.14. The lowest BCUT2D eigenvalue weighted by Gasteiger charge is -2.33. The first-order chi connectivity index (χ1) is 9.75. The average molecular weight is 272 g/mol. The molecule has 3 rings (SSSR count). The van der Waals surface area contributed by atoms with E-state index in [1.807, 2.05) is 24.1 Å². The van der Waals surface area contributed by atoms with E-state index in [0.29, 0.717) is 25.3 Å². The Morgan fingerprint density at radius 1 is 1.45 bits per heavy atom. The lowest BCUT2D eigenvalue weighted by atomic mass is 10.2. The molecule has 0 bridgehead atoms. The highest BCUT2D eigenvalue weighted by Gasteiger charge is 2.24. The van der Waals surface area contributed by atoms with Crippen LogP contribution in [0.2, 0.25) is 0 Å². The van der Waals surface area contributed by atoms with E-state index in [0.717, 1.165) is 5.82 Å². The first-order valence-electron chi connectivity index (χ1n) is 6.59. The lowest BCUT2D eigenvalue weighted by molar-refractivity contribution is 0.00357. The molecule has 6 heteroatoms. The van der Waals surface area contributed by atoms with Crippen LogP contribution in [0.4, 0.5) is 0 Å². The molecule has 1 amide bonds. The van der Waals surface area contributed by atoms with Gasteiger partial charge in [0.05, 0.1) is 24.8 Å². The molecular formula is C14H16N4O2. The van der Waals surface area contributed by atoms with Gasteiger partial charge in [0.2, 0.25) is 0 Å². The minimum atomic E-state index is 0.00508. The van der Waals surface area contributed by atoms with Crippen molar-refractivity contribution in [2.75, 3.05) is 19.8 Å². The molecular weight excluding hydrogens is 256 g/mol. The third kappa shape index (κ3) is 2.42. The summed E-state index contributed by atoms with van der Waals surface area (Å²) in [6.07, 6.45) is 6.79. The maximum absolute atomic E-state index is 12.4. The number of imidazole rings is 1. The van der Waals surface area contributed by atoms with Crippen molar-refractivity contribution in [3.8, 4) is 5.82 Å². The second-order valence-electron chi connectivity index (χ2n) is 4.80. The van der Waals surface area contributed by atoms with Crippen LogP contribution in [0.15, 0.2) is 37.1 Å². The van der Waals surface area contributed by atoms with Crippen molar-refractivity contribution in [1.29, 1.82) is 0 Å². The largest absolute Gasteiger partial charge is 0.377 e. The fourth-order valence-electron chi connectivity index (χ4n) is 2.25. The Labute approximate surface area is 117 Å². The van der Waals surface area contributed by atoms with Crippen molar-refractivity contribution in [2.45, 2.75) is 13.0 Å². The van der Waals surface area contributed by atoms with E-state index < -0.39 is 0 Å². The summed E-state index contributed by atoms with van der Waals surface area (Å²) in [5, 5.41) is 0. The summed E-state index contributed by atoms with van der Waals surface area (Å²) in [7, 11) is 0. The molecule has 1 aliphatic heterocycles. The molecule has 0 spiro atoms. The molecule has 20 heavy (non-hydrogen) atoms. The molecule has 1 fully saturated rings. The van der Waals surface area contributed by atoms with E-state index in [1.165, 1.54) is 0 Å². The summed E-state index contributed by atoms with van der Waals surface area (Å²) in [6.45, 7) is 3.80. The van der Waals surface area contributed by atoms with Crippen LogP contribution in [0.25, 0.3) is 5.82 Å². The SMILES string of the molecule is C[C@@H]1COCCN1C(=O)c1ccc(-n2ccnc2)nc1. The van der Waals surface area contributed by atoms with Crippen LogP contribution in [0.3, 0.4) is 0 Å². The van der Waals surface area contributed by atoms with E-state index in [4.69, 9.17) is 4.74 Å². The summed E-state index contributed by atoms with van der Waals surface area (Å²) in [5.74, 6) is 0.750. The molecule has 1 aliphatic rings. The van der Waals surface area contributed by atoms with E-state index in [1.54, 1.807) is 29.4 Å². The molecule has 0 radical (unpaired) electrons. The lowest BCUT2D eigenvalue weighted by Crippen LogP contribution is -2.47. The topological polar surface area (TPSA) is 60.2 Å². The van der Waals surface area contributed by atoms with Crippen molar-refractivity contribution >= 4 is 5.91 Å². The third-order valence-electron chi connectivity index (χ3n) is 3.39. The number of rotatable bonds is 2. The van der Waals surface area contributed by atoms with Gasteiger partial charge in [-0.2, -0.15) is 0 Å². The quantitative estimate of drug-likeness (QED) is 0.822. The number of hydrogen-bond acceptors (Lipinski definition) is 4. The highest BCUT2D eigenvalue weighted by atomic mass is 16.5. The van der Waals surface area contributed by atoms with Gasteiger partial charge in [0.25, 0.3) is 5.91 Å². The predicted molar refractivity (Wildman–Crippen MR) is 72.7 cm³/mol. The number of nitrogens with zero attached hydrogens (tertiary/aromatic N) is 4. The smallest absolute Gasteiger partial charge is 0.255 e. The number of amides is 1. The van der Waals surface area contributed by atoms with Crippen molar-refractivity contribution in [3.63, 3.8) is 0 Å². The number of carbonyl (C=O) groups excluding carboxylic acids is 1. The highest BCUT2D eigenvalue weighted by molar-refractivity contribution is 5.94. The van der Waals surface area contributed by atoms with Gasteiger partial charge in [-0.3, -0.25) is 9.36 Å². The molecule has 0 aromatic carbocycles. The standard InChI is InChI=1S/C14H16N4O2/c1-11-9-20-7-6-18(11)14(19)12-2-3-13(16-8-12)17-5-4-15-10-17/h2-5,8,10-11H,6-7,9H2,1H3/t11-/m1/s1. The molecule has 104 valence electrons. The Hall–Kier alpha value is -2.21. The molecule has 2 aromatic rings. The van der Waals surface area contributed by atoms with Crippen molar-refractivity contribution in [1.82, 2.24) is 19.4 Å². The Balaban J connectivity index is 1.78. The molecule has 0 aliphatic carbocycles. The monoisotopic (exact) mass is 272 g/mol.